The Morgan fingerprint density at radius 1 is 0.259 bits per heavy atom. The molecule has 12 aromatic rings. The van der Waals surface area contributed by atoms with Crippen LogP contribution in [-0.4, -0.2) is 0 Å². The number of fused-ring (bicyclic) bond motifs is 11. The Bertz CT molecular complexity index is 3440. The Morgan fingerprint density at radius 2 is 0.796 bits per heavy atom. The lowest BCUT2D eigenvalue weighted by Crippen LogP contribution is -1.92. The lowest BCUT2D eigenvalue weighted by atomic mass is 9.84. The van der Waals surface area contributed by atoms with E-state index >= 15 is 0 Å². The van der Waals surface area contributed by atoms with Crippen molar-refractivity contribution < 1.29 is 0 Å². The lowest BCUT2D eigenvalue weighted by Gasteiger charge is -2.19. The first-order valence-corrected chi connectivity index (χ1v) is 20.1. The van der Waals surface area contributed by atoms with Gasteiger partial charge in [-0.15, -0.1) is 22.7 Å². The molecule has 54 heavy (non-hydrogen) atoms. The minimum Gasteiger partial charge on any atom is -0.135 e. The molecule has 12 rings (SSSR count). The second kappa shape index (κ2) is 11.6. The monoisotopic (exact) mass is 718 g/mol. The van der Waals surface area contributed by atoms with Crippen LogP contribution in [0.25, 0.3) is 117 Å². The minimum absolute atomic E-state index is 1.23. The Morgan fingerprint density at radius 3 is 1.54 bits per heavy atom. The number of hydrogen-bond acceptors (Lipinski definition) is 2. The summed E-state index contributed by atoms with van der Waals surface area (Å²) >= 11 is 3.82. The molecular formula is C52H30S2. The molecule has 0 atom stereocenters. The summed E-state index contributed by atoms with van der Waals surface area (Å²) < 4.78 is 5.38. The zero-order valence-corrected chi connectivity index (χ0v) is 30.8. The van der Waals surface area contributed by atoms with Crippen molar-refractivity contribution in [3.63, 3.8) is 0 Å². The summed E-state index contributed by atoms with van der Waals surface area (Å²) in [6.45, 7) is 0. The Kier molecular flexibility index (Phi) is 6.48. The van der Waals surface area contributed by atoms with E-state index in [-0.39, 0.29) is 0 Å². The first kappa shape index (κ1) is 30.2. The van der Waals surface area contributed by atoms with E-state index in [4.69, 9.17) is 0 Å². The van der Waals surface area contributed by atoms with Gasteiger partial charge in [0.25, 0.3) is 0 Å². The molecule has 250 valence electrons. The molecule has 0 fully saturated rings. The van der Waals surface area contributed by atoms with Gasteiger partial charge in [0.05, 0.1) is 0 Å². The molecule has 0 saturated carbocycles. The third-order valence-corrected chi connectivity index (χ3v) is 13.8. The molecule has 0 bridgehead atoms. The molecule has 0 aliphatic rings. The highest BCUT2D eigenvalue weighted by molar-refractivity contribution is 7.27. The molecule has 0 aliphatic carbocycles. The number of benzene rings is 10. The quantitative estimate of drug-likeness (QED) is 0.160. The predicted octanol–water partition coefficient (Wildman–Crippen LogP) is 16.0. The fourth-order valence-electron chi connectivity index (χ4n) is 9.07. The van der Waals surface area contributed by atoms with Crippen LogP contribution in [0.3, 0.4) is 0 Å². The van der Waals surface area contributed by atoms with Gasteiger partial charge in [-0.1, -0.05) is 146 Å². The summed E-state index contributed by atoms with van der Waals surface area (Å²) in [6.07, 6.45) is 0. The van der Waals surface area contributed by atoms with Crippen LogP contribution in [0.4, 0.5) is 0 Å². The van der Waals surface area contributed by atoms with Crippen LogP contribution < -0.4 is 0 Å². The molecule has 0 radical (unpaired) electrons. The average Bonchev–Trinajstić information content (AvgIpc) is 3.80. The third kappa shape index (κ3) is 4.36. The van der Waals surface area contributed by atoms with E-state index in [1.165, 1.54) is 117 Å². The molecular weight excluding hydrogens is 689 g/mol. The van der Waals surface area contributed by atoms with Gasteiger partial charge >= 0.3 is 0 Å². The zero-order chi connectivity index (χ0) is 35.3. The standard InChI is InChI=1S/C52H30S2/c1-2-17-34-31(13-1)14-12-24-37(34)51-40-22-5-3-20-38(40)50(39-21-4-6-23-41(39)51)33-16-11-15-32(27-33)42-28-45-36-19-8-10-26-48(36)54-52(45)46-30-49-44(29-43(42)46)35-18-7-9-25-47(35)53-49/h1-30H. The largest absolute Gasteiger partial charge is 0.135 e. The molecule has 0 spiro atoms. The summed E-state index contributed by atoms with van der Waals surface area (Å²) in [5, 5.41) is 15.6. The van der Waals surface area contributed by atoms with Crippen LogP contribution in [-0.2, 0) is 0 Å². The van der Waals surface area contributed by atoms with Gasteiger partial charge in [-0.05, 0) is 107 Å². The minimum atomic E-state index is 1.23. The number of thiophene rings is 2. The summed E-state index contributed by atoms with van der Waals surface area (Å²) in [4.78, 5) is 0. The van der Waals surface area contributed by atoms with Crippen LogP contribution in [0.1, 0.15) is 0 Å². The SMILES string of the molecule is c1cc(-c2c3ccccc3c(-c3cccc4ccccc34)c3ccccc23)cc(-c2cc3c4ccccc4sc3c3cc4sc5ccccc5c4cc23)c1. The second-order valence-corrected chi connectivity index (χ2v) is 16.5. The summed E-state index contributed by atoms with van der Waals surface area (Å²) in [6, 6.07) is 67.9. The predicted molar refractivity (Wildman–Crippen MR) is 239 cm³/mol. The maximum absolute atomic E-state index is 2.47. The normalized spacial score (nSPS) is 12.1. The van der Waals surface area contributed by atoms with Crippen molar-refractivity contribution in [1.29, 1.82) is 0 Å². The highest BCUT2D eigenvalue weighted by Gasteiger charge is 2.20. The molecule has 0 saturated heterocycles. The molecule has 2 aromatic heterocycles. The number of rotatable bonds is 3. The summed E-state index contributed by atoms with van der Waals surface area (Å²) in [5.41, 5.74) is 7.60. The summed E-state index contributed by atoms with van der Waals surface area (Å²) in [7, 11) is 0. The first-order valence-electron chi connectivity index (χ1n) is 18.5. The van der Waals surface area contributed by atoms with Gasteiger partial charge in [-0.2, -0.15) is 0 Å². The van der Waals surface area contributed by atoms with Crippen LogP contribution in [0, 0.1) is 0 Å². The molecule has 0 aliphatic heterocycles. The highest BCUT2D eigenvalue weighted by Crippen LogP contribution is 2.48. The Hall–Kier alpha value is -6.32. The van der Waals surface area contributed by atoms with Crippen molar-refractivity contribution >= 4 is 106 Å². The van der Waals surface area contributed by atoms with Crippen molar-refractivity contribution in [2.45, 2.75) is 0 Å². The van der Waals surface area contributed by atoms with Gasteiger partial charge in [-0.3, -0.25) is 0 Å². The molecule has 0 unspecified atom stereocenters. The van der Waals surface area contributed by atoms with Crippen molar-refractivity contribution in [2.75, 3.05) is 0 Å². The Balaban J connectivity index is 1.16. The van der Waals surface area contributed by atoms with E-state index in [2.05, 4.69) is 182 Å². The van der Waals surface area contributed by atoms with Gasteiger partial charge in [0.2, 0.25) is 0 Å². The second-order valence-electron chi connectivity index (χ2n) is 14.3. The van der Waals surface area contributed by atoms with Gasteiger partial charge < -0.3 is 0 Å². The lowest BCUT2D eigenvalue weighted by molar-refractivity contribution is 1.65. The van der Waals surface area contributed by atoms with Crippen LogP contribution in [0.15, 0.2) is 182 Å². The van der Waals surface area contributed by atoms with Gasteiger partial charge in [0, 0.05) is 45.7 Å². The van der Waals surface area contributed by atoms with Crippen molar-refractivity contribution in [3.05, 3.63) is 182 Å². The topological polar surface area (TPSA) is 0 Å². The van der Waals surface area contributed by atoms with E-state index in [1.807, 2.05) is 22.7 Å². The fraction of sp³-hybridized carbons (Fsp3) is 0. The molecule has 10 aromatic carbocycles. The molecule has 0 nitrogen and oxygen atoms in total. The smallest absolute Gasteiger partial charge is 0.0434 e. The van der Waals surface area contributed by atoms with E-state index < -0.39 is 0 Å². The van der Waals surface area contributed by atoms with E-state index in [0.29, 0.717) is 0 Å². The van der Waals surface area contributed by atoms with Gasteiger partial charge in [-0.25, -0.2) is 0 Å². The number of hydrogen-bond donors (Lipinski definition) is 0. The molecule has 0 N–H and O–H groups in total. The van der Waals surface area contributed by atoms with Crippen LogP contribution in [0.2, 0.25) is 0 Å². The maximum Gasteiger partial charge on any atom is 0.0434 e. The Labute approximate surface area is 319 Å². The molecule has 2 heteroatoms. The van der Waals surface area contributed by atoms with Crippen LogP contribution >= 0.6 is 22.7 Å². The van der Waals surface area contributed by atoms with E-state index in [1.54, 1.807) is 0 Å². The first-order chi connectivity index (χ1) is 26.8. The average molecular weight is 719 g/mol. The van der Waals surface area contributed by atoms with Crippen molar-refractivity contribution in [1.82, 2.24) is 0 Å². The maximum atomic E-state index is 2.47. The van der Waals surface area contributed by atoms with Gasteiger partial charge in [0.1, 0.15) is 0 Å². The third-order valence-electron chi connectivity index (χ3n) is 11.4. The zero-order valence-electron chi connectivity index (χ0n) is 29.1. The summed E-state index contributed by atoms with van der Waals surface area (Å²) in [5.74, 6) is 0. The van der Waals surface area contributed by atoms with E-state index in [9.17, 15) is 0 Å². The van der Waals surface area contributed by atoms with Gasteiger partial charge in [0.15, 0.2) is 0 Å². The molecule has 0 amide bonds. The van der Waals surface area contributed by atoms with Crippen LogP contribution in [0.5, 0.6) is 0 Å². The van der Waals surface area contributed by atoms with E-state index in [0.717, 1.165) is 0 Å². The fourth-order valence-corrected chi connectivity index (χ4v) is 11.4. The van der Waals surface area contributed by atoms with Crippen molar-refractivity contribution in [3.8, 4) is 33.4 Å². The molecule has 2 heterocycles. The highest BCUT2D eigenvalue weighted by atomic mass is 32.1. The van der Waals surface area contributed by atoms with Crippen molar-refractivity contribution in [2.24, 2.45) is 0 Å².